The van der Waals surface area contributed by atoms with E-state index in [1.807, 2.05) is 30.3 Å². The lowest BCUT2D eigenvalue weighted by atomic mass is 10.1. The number of aliphatic hydroxyl groups excluding tert-OH is 1. The molecule has 1 unspecified atom stereocenters. The van der Waals surface area contributed by atoms with Crippen LogP contribution in [0.15, 0.2) is 54.6 Å². The summed E-state index contributed by atoms with van der Waals surface area (Å²) in [5.41, 5.74) is 2.59. The van der Waals surface area contributed by atoms with E-state index in [1.165, 1.54) is 11.1 Å². The summed E-state index contributed by atoms with van der Waals surface area (Å²) in [6, 6.07) is 18.4. The lowest BCUT2D eigenvalue weighted by Crippen LogP contribution is -2.39. The Labute approximate surface area is 139 Å². The summed E-state index contributed by atoms with van der Waals surface area (Å²) in [7, 11) is 0. The van der Waals surface area contributed by atoms with E-state index in [2.05, 4.69) is 49.9 Å². The lowest BCUT2D eigenvalue weighted by molar-refractivity contribution is 0.0542. The van der Waals surface area contributed by atoms with Gasteiger partial charge in [-0.3, -0.25) is 4.90 Å². The second-order valence-corrected chi connectivity index (χ2v) is 6.23. The molecule has 2 aromatic carbocycles. The van der Waals surface area contributed by atoms with Crippen LogP contribution in [0.4, 0.5) is 0 Å². The Bertz CT molecular complexity index is 583. The molecule has 0 spiro atoms. The zero-order valence-corrected chi connectivity index (χ0v) is 14.3. The van der Waals surface area contributed by atoms with Crippen molar-refractivity contribution in [2.24, 2.45) is 0 Å². The third-order valence-electron chi connectivity index (χ3n) is 4.00. The van der Waals surface area contributed by atoms with Crippen molar-refractivity contribution >= 4 is 0 Å². The minimum absolute atomic E-state index is 0.307. The van der Waals surface area contributed by atoms with Crippen LogP contribution in [-0.4, -0.2) is 35.3 Å². The topological polar surface area (TPSA) is 32.7 Å². The molecule has 3 nitrogen and oxygen atoms in total. The Hall–Kier alpha value is -1.84. The molecule has 0 bridgehead atoms. The highest BCUT2D eigenvalue weighted by atomic mass is 16.5. The van der Waals surface area contributed by atoms with E-state index in [4.69, 9.17) is 4.74 Å². The average Bonchev–Trinajstić information content (AvgIpc) is 2.55. The molecule has 124 valence electrons. The highest BCUT2D eigenvalue weighted by molar-refractivity contribution is 5.25. The molecule has 1 N–H and O–H groups in total. The molecular weight excluding hydrogens is 286 g/mol. The van der Waals surface area contributed by atoms with Crippen molar-refractivity contribution in [3.8, 4) is 5.75 Å². The summed E-state index contributed by atoms with van der Waals surface area (Å²) in [6.45, 7) is 8.18. The Morgan fingerprint density at radius 2 is 1.65 bits per heavy atom. The largest absolute Gasteiger partial charge is 0.491 e. The van der Waals surface area contributed by atoms with Crippen molar-refractivity contribution in [2.75, 3.05) is 13.2 Å². The monoisotopic (exact) mass is 313 g/mol. The number of aliphatic hydroxyl groups is 1. The summed E-state index contributed by atoms with van der Waals surface area (Å²) in [5, 5.41) is 10.3. The molecule has 23 heavy (non-hydrogen) atoms. The molecule has 1 atom stereocenters. The standard InChI is InChI=1S/C20H27NO2/c1-16(2)21(13-18-10-8-7-9-17(18)3)14-19(22)15-23-20-11-5-4-6-12-20/h4-12,16,19,22H,13-15H2,1-3H3. The molecule has 3 heteroatoms. The van der Waals surface area contributed by atoms with Gasteiger partial charge < -0.3 is 9.84 Å². The fourth-order valence-corrected chi connectivity index (χ4v) is 2.50. The maximum Gasteiger partial charge on any atom is 0.119 e. The summed E-state index contributed by atoms with van der Waals surface area (Å²) in [6.07, 6.45) is -0.512. The van der Waals surface area contributed by atoms with Crippen molar-refractivity contribution in [1.82, 2.24) is 4.90 Å². The third-order valence-corrected chi connectivity index (χ3v) is 4.00. The van der Waals surface area contributed by atoms with Gasteiger partial charge in [-0.15, -0.1) is 0 Å². The molecular formula is C20H27NO2. The van der Waals surface area contributed by atoms with Crippen molar-refractivity contribution < 1.29 is 9.84 Å². The molecule has 0 fully saturated rings. The number of aryl methyl sites for hydroxylation is 1. The van der Waals surface area contributed by atoms with Gasteiger partial charge in [0.25, 0.3) is 0 Å². The molecule has 0 amide bonds. The number of benzene rings is 2. The van der Waals surface area contributed by atoms with Crippen LogP contribution in [0.5, 0.6) is 5.75 Å². The van der Waals surface area contributed by atoms with Gasteiger partial charge in [0.1, 0.15) is 18.5 Å². The maximum atomic E-state index is 10.3. The molecule has 0 heterocycles. The molecule has 0 aliphatic rings. The molecule has 0 saturated heterocycles. The first-order valence-electron chi connectivity index (χ1n) is 8.20. The van der Waals surface area contributed by atoms with Crippen LogP contribution in [0, 0.1) is 6.92 Å². The summed E-state index contributed by atoms with van der Waals surface area (Å²) in [5.74, 6) is 0.793. The van der Waals surface area contributed by atoms with Crippen LogP contribution in [0.25, 0.3) is 0 Å². The molecule has 0 saturated carbocycles. The lowest BCUT2D eigenvalue weighted by Gasteiger charge is -2.29. The second-order valence-electron chi connectivity index (χ2n) is 6.23. The van der Waals surface area contributed by atoms with E-state index in [1.54, 1.807) is 0 Å². The average molecular weight is 313 g/mol. The van der Waals surface area contributed by atoms with Gasteiger partial charge in [0.05, 0.1) is 0 Å². The molecule has 2 aromatic rings. The van der Waals surface area contributed by atoms with Crippen LogP contribution in [-0.2, 0) is 6.54 Å². The second kappa shape index (κ2) is 8.70. The fourth-order valence-electron chi connectivity index (χ4n) is 2.50. The SMILES string of the molecule is Cc1ccccc1CN(CC(O)COc1ccccc1)C(C)C. The number of hydrogen-bond acceptors (Lipinski definition) is 3. The van der Waals surface area contributed by atoms with E-state index in [0.717, 1.165) is 12.3 Å². The number of nitrogens with zero attached hydrogens (tertiary/aromatic N) is 1. The molecule has 2 rings (SSSR count). The summed E-state index contributed by atoms with van der Waals surface area (Å²) in [4.78, 5) is 2.28. The number of rotatable bonds is 8. The van der Waals surface area contributed by atoms with Gasteiger partial charge >= 0.3 is 0 Å². The molecule has 0 aliphatic carbocycles. The van der Waals surface area contributed by atoms with Gasteiger partial charge in [-0.25, -0.2) is 0 Å². The predicted octanol–water partition coefficient (Wildman–Crippen LogP) is 3.65. The Balaban J connectivity index is 1.90. The van der Waals surface area contributed by atoms with E-state index < -0.39 is 6.10 Å². The Morgan fingerprint density at radius 3 is 2.30 bits per heavy atom. The van der Waals surface area contributed by atoms with E-state index in [-0.39, 0.29) is 0 Å². The van der Waals surface area contributed by atoms with Gasteiger partial charge in [0, 0.05) is 19.1 Å². The van der Waals surface area contributed by atoms with E-state index in [9.17, 15) is 5.11 Å². The van der Waals surface area contributed by atoms with Gasteiger partial charge in [-0.05, 0) is 44.0 Å². The van der Waals surface area contributed by atoms with Crippen LogP contribution in [0.3, 0.4) is 0 Å². The Morgan fingerprint density at radius 1 is 1.00 bits per heavy atom. The zero-order chi connectivity index (χ0) is 16.7. The van der Waals surface area contributed by atoms with Gasteiger partial charge in [0.15, 0.2) is 0 Å². The maximum absolute atomic E-state index is 10.3. The highest BCUT2D eigenvalue weighted by Gasteiger charge is 2.16. The van der Waals surface area contributed by atoms with Crippen molar-refractivity contribution in [1.29, 1.82) is 0 Å². The minimum atomic E-state index is -0.512. The highest BCUT2D eigenvalue weighted by Crippen LogP contribution is 2.14. The van der Waals surface area contributed by atoms with Crippen molar-refractivity contribution in [3.63, 3.8) is 0 Å². The number of ether oxygens (including phenoxy) is 1. The van der Waals surface area contributed by atoms with Gasteiger partial charge in [-0.2, -0.15) is 0 Å². The quantitative estimate of drug-likeness (QED) is 0.807. The van der Waals surface area contributed by atoms with Gasteiger partial charge in [0.2, 0.25) is 0 Å². The zero-order valence-electron chi connectivity index (χ0n) is 14.3. The number of para-hydroxylation sites is 1. The summed E-state index contributed by atoms with van der Waals surface area (Å²) >= 11 is 0. The van der Waals surface area contributed by atoms with Crippen LogP contribution in [0.1, 0.15) is 25.0 Å². The molecule has 0 radical (unpaired) electrons. The Kier molecular flexibility index (Phi) is 6.63. The van der Waals surface area contributed by atoms with Crippen molar-refractivity contribution in [3.05, 3.63) is 65.7 Å². The van der Waals surface area contributed by atoms with E-state index >= 15 is 0 Å². The normalized spacial score (nSPS) is 12.6. The van der Waals surface area contributed by atoms with Gasteiger partial charge in [-0.1, -0.05) is 42.5 Å². The number of hydrogen-bond donors (Lipinski definition) is 1. The van der Waals surface area contributed by atoms with Crippen LogP contribution in [0.2, 0.25) is 0 Å². The first kappa shape index (κ1) is 17.5. The first-order valence-corrected chi connectivity index (χ1v) is 8.20. The van der Waals surface area contributed by atoms with E-state index in [0.29, 0.717) is 19.2 Å². The third kappa shape index (κ3) is 5.70. The van der Waals surface area contributed by atoms with Crippen LogP contribution >= 0.6 is 0 Å². The fraction of sp³-hybridized carbons (Fsp3) is 0.400. The molecule has 0 aliphatic heterocycles. The van der Waals surface area contributed by atoms with Crippen LogP contribution < -0.4 is 4.74 Å². The smallest absolute Gasteiger partial charge is 0.119 e. The first-order chi connectivity index (χ1) is 11.1. The summed E-state index contributed by atoms with van der Waals surface area (Å²) < 4.78 is 5.65. The predicted molar refractivity (Wildman–Crippen MR) is 94.7 cm³/mol. The minimum Gasteiger partial charge on any atom is -0.491 e. The molecule has 0 aromatic heterocycles. The van der Waals surface area contributed by atoms with Crippen molar-refractivity contribution in [2.45, 2.75) is 39.5 Å².